The lowest BCUT2D eigenvalue weighted by atomic mass is 10.2. The third-order valence-corrected chi connectivity index (χ3v) is 3.69. The highest BCUT2D eigenvalue weighted by atomic mass is 79.9. The van der Waals surface area contributed by atoms with E-state index in [2.05, 4.69) is 21.2 Å². The van der Waals surface area contributed by atoms with Crippen molar-refractivity contribution in [3.05, 3.63) is 62.3 Å². The Morgan fingerprint density at radius 2 is 1.89 bits per heavy atom. The van der Waals surface area contributed by atoms with Gasteiger partial charge in [-0.2, -0.15) is 0 Å². The van der Waals surface area contributed by atoms with E-state index in [-0.39, 0.29) is 5.82 Å². The van der Waals surface area contributed by atoms with Crippen LogP contribution < -0.4 is 5.32 Å². The second kappa shape index (κ2) is 5.91. The highest BCUT2D eigenvalue weighted by Crippen LogP contribution is 2.26. The maximum Gasteiger partial charge on any atom is 0.125 e. The van der Waals surface area contributed by atoms with Crippen LogP contribution in [-0.2, 0) is 6.54 Å². The molecule has 0 amide bonds. The number of hydrogen-bond donors (Lipinski definition) is 1. The number of nitrogens with one attached hydrogen (secondary N) is 1. The first-order valence-electron chi connectivity index (χ1n) is 5.19. The van der Waals surface area contributed by atoms with Gasteiger partial charge in [-0.3, -0.25) is 0 Å². The summed E-state index contributed by atoms with van der Waals surface area (Å²) in [6, 6.07) is 9.76. The van der Waals surface area contributed by atoms with Crippen molar-refractivity contribution in [3.63, 3.8) is 0 Å². The molecule has 18 heavy (non-hydrogen) atoms. The SMILES string of the molecule is Fc1ccc(Br)c(NCc2ccc(Cl)cc2Cl)c1. The molecule has 0 fully saturated rings. The van der Waals surface area contributed by atoms with Gasteiger partial charge in [0.25, 0.3) is 0 Å². The molecule has 0 atom stereocenters. The molecule has 1 nitrogen and oxygen atoms in total. The molecule has 2 aromatic rings. The van der Waals surface area contributed by atoms with E-state index < -0.39 is 0 Å². The van der Waals surface area contributed by atoms with Gasteiger partial charge in [0.15, 0.2) is 0 Å². The molecule has 0 aliphatic carbocycles. The van der Waals surface area contributed by atoms with Gasteiger partial charge in [-0.25, -0.2) is 4.39 Å². The summed E-state index contributed by atoms with van der Waals surface area (Å²) in [7, 11) is 0. The van der Waals surface area contributed by atoms with Crippen molar-refractivity contribution in [3.8, 4) is 0 Å². The van der Waals surface area contributed by atoms with Gasteiger partial charge in [-0.05, 0) is 51.8 Å². The molecule has 0 spiro atoms. The molecule has 0 aliphatic rings. The van der Waals surface area contributed by atoms with Crippen LogP contribution in [-0.4, -0.2) is 0 Å². The van der Waals surface area contributed by atoms with Crippen LogP contribution in [0.5, 0.6) is 0 Å². The third-order valence-electron chi connectivity index (χ3n) is 2.41. The normalized spacial score (nSPS) is 10.4. The van der Waals surface area contributed by atoms with E-state index in [9.17, 15) is 4.39 Å². The van der Waals surface area contributed by atoms with Crippen LogP contribution in [0.25, 0.3) is 0 Å². The second-order valence-electron chi connectivity index (χ2n) is 3.71. The number of benzene rings is 2. The first kappa shape index (κ1) is 13.7. The maximum atomic E-state index is 13.1. The molecule has 0 saturated heterocycles. The van der Waals surface area contributed by atoms with E-state index in [0.29, 0.717) is 22.3 Å². The van der Waals surface area contributed by atoms with Crippen LogP contribution in [0.2, 0.25) is 10.0 Å². The summed E-state index contributed by atoms with van der Waals surface area (Å²) in [6.07, 6.45) is 0. The van der Waals surface area contributed by atoms with Gasteiger partial charge in [-0.1, -0.05) is 29.3 Å². The average molecular weight is 349 g/mol. The lowest BCUT2D eigenvalue weighted by Crippen LogP contribution is -2.01. The van der Waals surface area contributed by atoms with Crippen molar-refractivity contribution in [1.82, 2.24) is 0 Å². The summed E-state index contributed by atoms with van der Waals surface area (Å²) in [4.78, 5) is 0. The summed E-state index contributed by atoms with van der Waals surface area (Å²) in [5.41, 5.74) is 1.58. The van der Waals surface area contributed by atoms with Crippen molar-refractivity contribution in [2.45, 2.75) is 6.54 Å². The Balaban J connectivity index is 2.13. The molecule has 2 aromatic carbocycles. The molecule has 1 N–H and O–H groups in total. The van der Waals surface area contributed by atoms with E-state index >= 15 is 0 Å². The van der Waals surface area contributed by atoms with Crippen molar-refractivity contribution in [1.29, 1.82) is 0 Å². The van der Waals surface area contributed by atoms with E-state index in [1.807, 2.05) is 6.07 Å². The van der Waals surface area contributed by atoms with Crippen LogP contribution >= 0.6 is 39.1 Å². The fraction of sp³-hybridized carbons (Fsp3) is 0.0769. The molecule has 0 unspecified atom stereocenters. The zero-order chi connectivity index (χ0) is 13.1. The Morgan fingerprint density at radius 3 is 2.61 bits per heavy atom. The fourth-order valence-electron chi connectivity index (χ4n) is 1.49. The molecular weight excluding hydrogens is 340 g/mol. The first-order valence-corrected chi connectivity index (χ1v) is 6.74. The maximum absolute atomic E-state index is 13.1. The summed E-state index contributed by atoms with van der Waals surface area (Å²) < 4.78 is 13.9. The molecule has 0 aromatic heterocycles. The highest BCUT2D eigenvalue weighted by Gasteiger charge is 2.04. The summed E-state index contributed by atoms with van der Waals surface area (Å²) in [5.74, 6) is -0.289. The Labute approximate surface area is 123 Å². The summed E-state index contributed by atoms with van der Waals surface area (Å²) in [6.45, 7) is 0.498. The molecule has 0 saturated carbocycles. The van der Waals surface area contributed by atoms with Gasteiger partial charge < -0.3 is 5.32 Å². The molecule has 94 valence electrons. The Kier molecular flexibility index (Phi) is 4.49. The van der Waals surface area contributed by atoms with E-state index in [0.717, 1.165) is 10.0 Å². The van der Waals surface area contributed by atoms with Gasteiger partial charge >= 0.3 is 0 Å². The topological polar surface area (TPSA) is 12.0 Å². The minimum absolute atomic E-state index is 0.289. The number of anilines is 1. The lowest BCUT2D eigenvalue weighted by Gasteiger charge is -2.10. The third kappa shape index (κ3) is 3.37. The molecule has 0 heterocycles. The van der Waals surface area contributed by atoms with Crippen LogP contribution in [0.4, 0.5) is 10.1 Å². The Bertz CT molecular complexity index is 575. The van der Waals surface area contributed by atoms with E-state index in [1.54, 1.807) is 18.2 Å². The zero-order valence-electron chi connectivity index (χ0n) is 9.18. The molecule has 0 bridgehead atoms. The van der Waals surface area contributed by atoms with E-state index in [1.165, 1.54) is 12.1 Å². The largest absolute Gasteiger partial charge is 0.380 e. The first-order chi connectivity index (χ1) is 8.56. The van der Waals surface area contributed by atoms with Crippen LogP contribution in [0.1, 0.15) is 5.56 Å². The van der Waals surface area contributed by atoms with Crippen molar-refractivity contribution in [2.75, 3.05) is 5.32 Å². The van der Waals surface area contributed by atoms with Gasteiger partial charge in [0.05, 0.1) is 5.69 Å². The smallest absolute Gasteiger partial charge is 0.125 e. The minimum Gasteiger partial charge on any atom is -0.380 e. The average Bonchev–Trinajstić information content (AvgIpc) is 2.32. The fourth-order valence-corrected chi connectivity index (χ4v) is 2.35. The molecule has 5 heteroatoms. The van der Waals surface area contributed by atoms with Gasteiger partial charge in [-0.15, -0.1) is 0 Å². The van der Waals surface area contributed by atoms with E-state index in [4.69, 9.17) is 23.2 Å². The summed E-state index contributed by atoms with van der Waals surface area (Å²) in [5, 5.41) is 4.29. The number of hydrogen-bond acceptors (Lipinski definition) is 1. The number of rotatable bonds is 3. The van der Waals surface area contributed by atoms with Crippen molar-refractivity contribution < 1.29 is 4.39 Å². The molecule has 2 rings (SSSR count). The van der Waals surface area contributed by atoms with Gasteiger partial charge in [0.2, 0.25) is 0 Å². The van der Waals surface area contributed by atoms with Crippen LogP contribution in [0.15, 0.2) is 40.9 Å². The van der Waals surface area contributed by atoms with Gasteiger partial charge in [0, 0.05) is 21.1 Å². The lowest BCUT2D eigenvalue weighted by molar-refractivity contribution is 0.628. The standard InChI is InChI=1S/C13H9BrCl2FN/c14-11-4-3-10(17)6-13(11)18-7-8-1-2-9(15)5-12(8)16/h1-6,18H,7H2. The highest BCUT2D eigenvalue weighted by molar-refractivity contribution is 9.10. The van der Waals surface area contributed by atoms with Crippen LogP contribution in [0, 0.1) is 5.82 Å². The minimum atomic E-state index is -0.289. The molecular formula is C13H9BrCl2FN. The van der Waals surface area contributed by atoms with Gasteiger partial charge in [0.1, 0.15) is 5.82 Å². The number of halogens is 4. The van der Waals surface area contributed by atoms with Crippen molar-refractivity contribution in [2.24, 2.45) is 0 Å². The van der Waals surface area contributed by atoms with Crippen LogP contribution in [0.3, 0.4) is 0 Å². The molecule has 0 aliphatic heterocycles. The Hall–Kier alpha value is -0.770. The predicted octanol–water partition coefficient (Wildman–Crippen LogP) is 5.51. The van der Waals surface area contributed by atoms with Crippen molar-refractivity contribution >= 4 is 44.8 Å². The summed E-state index contributed by atoms with van der Waals surface area (Å²) >= 11 is 15.2. The second-order valence-corrected chi connectivity index (χ2v) is 5.41. The molecule has 0 radical (unpaired) electrons. The predicted molar refractivity (Wildman–Crippen MR) is 77.9 cm³/mol. The Morgan fingerprint density at radius 1 is 1.11 bits per heavy atom. The zero-order valence-corrected chi connectivity index (χ0v) is 12.3. The monoisotopic (exact) mass is 347 g/mol. The quantitative estimate of drug-likeness (QED) is 0.771.